The van der Waals surface area contributed by atoms with Crippen molar-refractivity contribution in [3.63, 3.8) is 0 Å². The summed E-state index contributed by atoms with van der Waals surface area (Å²) in [6.45, 7) is 0. The minimum atomic E-state index is -0.473. The molecular formula is C20H14N2O3S2. The Morgan fingerprint density at radius 3 is 2.67 bits per heavy atom. The highest BCUT2D eigenvalue weighted by Gasteiger charge is 2.19. The molecule has 0 aliphatic rings. The summed E-state index contributed by atoms with van der Waals surface area (Å²) in [5.74, 6) is -0.769. The molecule has 4 rings (SSSR count). The summed E-state index contributed by atoms with van der Waals surface area (Å²) in [5.41, 5.74) is 2.43. The molecule has 0 spiro atoms. The minimum absolute atomic E-state index is 0.296. The van der Waals surface area contributed by atoms with Gasteiger partial charge in [0.15, 0.2) is 0 Å². The van der Waals surface area contributed by atoms with Crippen LogP contribution in [0.25, 0.3) is 21.5 Å². The number of carbonyl (C=O) groups is 2. The van der Waals surface area contributed by atoms with Gasteiger partial charge in [0.25, 0.3) is 5.91 Å². The summed E-state index contributed by atoms with van der Waals surface area (Å²) < 4.78 is 4.77. The second-order valence-corrected chi connectivity index (χ2v) is 7.52. The van der Waals surface area contributed by atoms with Crippen molar-refractivity contribution in [1.29, 1.82) is 0 Å². The van der Waals surface area contributed by atoms with Crippen molar-refractivity contribution in [2.75, 3.05) is 12.4 Å². The molecule has 0 fully saturated rings. The van der Waals surface area contributed by atoms with Crippen LogP contribution < -0.4 is 5.32 Å². The van der Waals surface area contributed by atoms with Crippen LogP contribution in [0.3, 0.4) is 0 Å². The van der Waals surface area contributed by atoms with E-state index in [9.17, 15) is 9.59 Å². The fourth-order valence-corrected chi connectivity index (χ4v) is 4.21. The van der Waals surface area contributed by atoms with Crippen molar-refractivity contribution in [2.45, 2.75) is 0 Å². The van der Waals surface area contributed by atoms with Crippen LogP contribution in [-0.2, 0) is 4.74 Å². The number of thiophene rings is 2. The van der Waals surface area contributed by atoms with Crippen LogP contribution in [0.1, 0.15) is 20.0 Å². The number of hydrogen-bond donors (Lipinski definition) is 1. The van der Waals surface area contributed by atoms with E-state index in [1.807, 2.05) is 41.8 Å². The van der Waals surface area contributed by atoms with Crippen LogP contribution in [0.5, 0.6) is 0 Å². The third-order valence-corrected chi connectivity index (χ3v) is 5.81. The fraction of sp³-hybridized carbons (Fsp3) is 0.0500. The molecule has 0 saturated heterocycles. The summed E-state index contributed by atoms with van der Waals surface area (Å²) in [6.07, 6.45) is 0. The highest BCUT2D eigenvalue weighted by molar-refractivity contribution is 7.13. The number of para-hydroxylation sites is 1. The molecule has 0 bridgehead atoms. The van der Waals surface area contributed by atoms with Crippen molar-refractivity contribution in [3.8, 4) is 10.6 Å². The van der Waals surface area contributed by atoms with E-state index in [0.29, 0.717) is 16.1 Å². The maximum absolute atomic E-state index is 13.0. The molecule has 1 aromatic carbocycles. The Morgan fingerprint density at radius 1 is 1.04 bits per heavy atom. The molecule has 0 unspecified atom stereocenters. The predicted molar refractivity (Wildman–Crippen MR) is 109 cm³/mol. The number of pyridine rings is 1. The standard InChI is InChI=1S/C20H14N2O3S2/c1-25-20(24)18-15(8-10-27-18)22-19(23)13-11-16(17-7-4-9-26-17)21-14-6-3-2-5-12(13)14/h2-11H,1H3,(H,22,23). The van der Waals surface area contributed by atoms with E-state index < -0.39 is 5.97 Å². The minimum Gasteiger partial charge on any atom is -0.465 e. The molecule has 134 valence electrons. The molecule has 7 heteroatoms. The van der Waals surface area contributed by atoms with Gasteiger partial charge in [0.2, 0.25) is 0 Å². The number of anilines is 1. The number of amides is 1. The number of benzene rings is 1. The average molecular weight is 394 g/mol. The highest BCUT2D eigenvalue weighted by atomic mass is 32.1. The number of rotatable bonds is 4. The largest absolute Gasteiger partial charge is 0.465 e. The second kappa shape index (κ2) is 7.30. The van der Waals surface area contributed by atoms with Gasteiger partial charge in [-0.05, 0) is 35.0 Å². The third-order valence-electron chi connectivity index (χ3n) is 4.02. The zero-order valence-corrected chi connectivity index (χ0v) is 15.9. The lowest BCUT2D eigenvalue weighted by Gasteiger charge is -2.10. The number of aromatic nitrogens is 1. The summed E-state index contributed by atoms with van der Waals surface area (Å²) in [4.78, 5) is 30.9. The molecule has 27 heavy (non-hydrogen) atoms. The highest BCUT2D eigenvalue weighted by Crippen LogP contribution is 2.29. The SMILES string of the molecule is COC(=O)c1sccc1NC(=O)c1cc(-c2cccs2)nc2ccccc12. The second-order valence-electron chi connectivity index (χ2n) is 5.66. The van der Waals surface area contributed by atoms with Gasteiger partial charge in [0.1, 0.15) is 4.88 Å². The molecule has 1 N–H and O–H groups in total. The molecule has 0 atom stereocenters. The molecule has 0 aliphatic heterocycles. The first-order chi connectivity index (χ1) is 13.2. The van der Waals surface area contributed by atoms with Gasteiger partial charge < -0.3 is 10.1 Å². The van der Waals surface area contributed by atoms with Crippen LogP contribution >= 0.6 is 22.7 Å². The first kappa shape index (κ1) is 17.4. The fourth-order valence-electron chi connectivity index (χ4n) is 2.76. The Bertz CT molecular complexity index is 1130. The third kappa shape index (κ3) is 3.34. The van der Waals surface area contributed by atoms with Gasteiger partial charge in [0.05, 0.1) is 34.4 Å². The first-order valence-corrected chi connectivity index (χ1v) is 9.84. The number of hydrogen-bond acceptors (Lipinski definition) is 6. The van der Waals surface area contributed by atoms with Gasteiger partial charge in [-0.2, -0.15) is 0 Å². The predicted octanol–water partition coefficient (Wildman–Crippen LogP) is 5.06. The molecule has 1 amide bonds. The lowest BCUT2D eigenvalue weighted by Crippen LogP contribution is -2.15. The van der Waals surface area contributed by atoms with Gasteiger partial charge >= 0.3 is 5.97 Å². The Labute approximate surface area is 163 Å². The quantitative estimate of drug-likeness (QED) is 0.491. The molecule has 3 heterocycles. The number of ether oxygens (including phenoxy) is 1. The van der Waals surface area contributed by atoms with E-state index in [-0.39, 0.29) is 5.91 Å². The van der Waals surface area contributed by atoms with E-state index in [1.165, 1.54) is 18.4 Å². The van der Waals surface area contributed by atoms with E-state index in [4.69, 9.17) is 4.74 Å². The maximum atomic E-state index is 13.0. The number of methoxy groups -OCH3 is 1. The Kier molecular flexibility index (Phi) is 4.70. The number of esters is 1. The van der Waals surface area contributed by atoms with Crippen molar-refractivity contribution >= 4 is 51.1 Å². The summed E-state index contributed by atoms with van der Waals surface area (Å²) in [7, 11) is 1.32. The summed E-state index contributed by atoms with van der Waals surface area (Å²) >= 11 is 2.79. The van der Waals surface area contributed by atoms with Gasteiger partial charge in [-0.3, -0.25) is 4.79 Å². The Balaban J connectivity index is 1.77. The van der Waals surface area contributed by atoms with Crippen molar-refractivity contribution in [2.24, 2.45) is 0 Å². The van der Waals surface area contributed by atoms with Gasteiger partial charge in [-0.1, -0.05) is 24.3 Å². The Morgan fingerprint density at radius 2 is 1.89 bits per heavy atom. The van der Waals surface area contributed by atoms with Crippen molar-refractivity contribution in [1.82, 2.24) is 4.98 Å². The molecule has 0 saturated carbocycles. The monoisotopic (exact) mass is 394 g/mol. The van der Waals surface area contributed by atoms with Gasteiger partial charge in [-0.15, -0.1) is 22.7 Å². The van der Waals surface area contributed by atoms with Gasteiger partial charge in [0, 0.05) is 5.39 Å². The number of fused-ring (bicyclic) bond motifs is 1. The van der Waals surface area contributed by atoms with E-state index in [0.717, 1.165) is 21.5 Å². The van der Waals surface area contributed by atoms with Crippen LogP contribution in [0.15, 0.2) is 59.3 Å². The summed E-state index contributed by atoms with van der Waals surface area (Å²) in [6, 6.07) is 14.9. The van der Waals surface area contributed by atoms with E-state index in [1.54, 1.807) is 28.8 Å². The molecular weight excluding hydrogens is 380 g/mol. The van der Waals surface area contributed by atoms with Crippen molar-refractivity contribution < 1.29 is 14.3 Å². The van der Waals surface area contributed by atoms with Crippen molar-refractivity contribution in [3.05, 3.63) is 69.7 Å². The molecule has 4 aromatic rings. The topological polar surface area (TPSA) is 68.3 Å². The van der Waals surface area contributed by atoms with Crippen LogP contribution in [0.4, 0.5) is 5.69 Å². The maximum Gasteiger partial charge on any atom is 0.350 e. The number of carbonyl (C=O) groups excluding carboxylic acids is 2. The molecule has 0 aliphatic carbocycles. The van der Waals surface area contributed by atoms with E-state index in [2.05, 4.69) is 10.3 Å². The van der Waals surface area contributed by atoms with Crippen LogP contribution in [-0.4, -0.2) is 24.0 Å². The average Bonchev–Trinajstić information content (AvgIpc) is 3.38. The normalized spacial score (nSPS) is 10.7. The van der Waals surface area contributed by atoms with Crippen LogP contribution in [0, 0.1) is 0 Å². The number of nitrogens with one attached hydrogen (secondary N) is 1. The molecule has 0 radical (unpaired) electrons. The smallest absolute Gasteiger partial charge is 0.350 e. The zero-order valence-electron chi connectivity index (χ0n) is 14.3. The van der Waals surface area contributed by atoms with E-state index >= 15 is 0 Å². The first-order valence-electron chi connectivity index (χ1n) is 8.08. The summed E-state index contributed by atoms with van der Waals surface area (Å²) in [5, 5.41) is 7.30. The van der Waals surface area contributed by atoms with Gasteiger partial charge in [-0.25, -0.2) is 9.78 Å². The molecule has 5 nitrogen and oxygen atoms in total. The lowest BCUT2D eigenvalue weighted by molar-refractivity contribution is 0.0607. The molecule has 3 aromatic heterocycles. The zero-order chi connectivity index (χ0) is 18.8. The Hall–Kier alpha value is -3.03. The lowest BCUT2D eigenvalue weighted by atomic mass is 10.1. The van der Waals surface area contributed by atoms with Crippen LogP contribution in [0.2, 0.25) is 0 Å². The number of nitrogens with zero attached hydrogens (tertiary/aromatic N) is 1.